The largest absolute Gasteiger partial charge is 0.465 e. The SMILES string of the molecule is COC(=O)c1ccc(CN2[C@H](C)CN(C(=O)c3cccc(-c4ccncc4)c3)C[C@@H]2C)cc1. The number of rotatable bonds is 5. The molecule has 2 aromatic carbocycles. The first-order valence-electron chi connectivity index (χ1n) is 11.2. The standard InChI is InChI=1S/C27H29N3O3/c1-19-16-29(26(31)25-6-4-5-24(15-25)22-11-13-28-14-12-22)17-20(2)30(19)18-21-7-9-23(10-8-21)27(32)33-3/h4-15,19-20H,16-18H2,1-3H3/t19-,20+. The summed E-state index contributed by atoms with van der Waals surface area (Å²) in [4.78, 5) is 33.4. The fourth-order valence-corrected chi connectivity index (χ4v) is 4.47. The molecule has 0 saturated carbocycles. The molecule has 0 spiro atoms. The van der Waals surface area contributed by atoms with E-state index in [0.29, 0.717) is 24.2 Å². The van der Waals surface area contributed by atoms with E-state index in [1.807, 2.05) is 53.4 Å². The number of ether oxygens (including phenoxy) is 1. The zero-order chi connectivity index (χ0) is 23.4. The fraction of sp³-hybridized carbons (Fsp3) is 0.296. The Kier molecular flexibility index (Phi) is 6.84. The highest BCUT2D eigenvalue weighted by Crippen LogP contribution is 2.24. The number of hydrogen-bond acceptors (Lipinski definition) is 5. The van der Waals surface area contributed by atoms with Crippen molar-refractivity contribution in [1.29, 1.82) is 0 Å². The molecule has 0 bridgehead atoms. The zero-order valence-corrected chi connectivity index (χ0v) is 19.3. The predicted molar refractivity (Wildman–Crippen MR) is 128 cm³/mol. The summed E-state index contributed by atoms with van der Waals surface area (Å²) in [5, 5.41) is 0. The van der Waals surface area contributed by atoms with Crippen molar-refractivity contribution < 1.29 is 14.3 Å². The number of aromatic nitrogens is 1. The van der Waals surface area contributed by atoms with Gasteiger partial charge in [0.15, 0.2) is 0 Å². The van der Waals surface area contributed by atoms with Gasteiger partial charge in [-0.05, 0) is 66.9 Å². The van der Waals surface area contributed by atoms with Crippen molar-refractivity contribution in [2.75, 3.05) is 20.2 Å². The minimum Gasteiger partial charge on any atom is -0.465 e. The maximum atomic E-state index is 13.3. The number of carbonyl (C=O) groups excluding carboxylic acids is 2. The molecule has 0 aliphatic carbocycles. The summed E-state index contributed by atoms with van der Waals surface area (Å²) in [7, 11) is 1.38. The summed E-state index contributed by atoms with van der Waals surface area (Å²) < 4.78 is 4.77. The molecular formula is C27H29N3O3. The van der Waals surface area contributed by atoms with Crippen LogP contribution in [-0.4, -0.2) is 58.9 Å². The Bertz CT molecular complexity index is 1100. The number of piperazine rings is 1. The first kappa shape index (κ1) is 22.7. The predicted octanol–water partition coefficient (Wildman–Crippen LogP) is 4.27. The van der Waals surface area contributed by atoms with E-state index >= 15 is 0 Å². The summed E-state index contributed by atoms with van der Waals surface area (Å²) in [6.07, 6.45) is 3.52. The molecule has 1 saturated heterocycles. The van der Waals surface area contributed by atoms with Crippen molar-refractivity contribution in [2.24, 2.45) is 0 Å². The molecule has 0 N–H and O–H groups in total. The third kappa shape index (κ3) is 5.12. The average Bonchev–Trinajstić information content (AvgIpc) is 2.86. The summed E-state index contributed by atoms with van der Waals surface area (Å²) in [6, 6.07) is 19.6. The smallest absolute Gasteiger partial charge is 0.337 e. The van der Waals surface area contributed by atoms with E-state index in [0.717, 1.165) is 23.2 Å². The van der Waals surface area contributed by atoms with Crippen molar-refractivity contribution in [3.8, 4) is 11.1 Å². The van der Waals surface area contributed by atoms with Gasteiger partial charge in [-0.25, -0.2) is 4.79 Å². The van der Waals surface area contributed by atoms with Crippen molar-refractivity contribution in [3.63, 3.8) is 0 Å². The van der Waals surface area contributed by atoms with Crippen molar-refractivity contribution in [1.82, 2.24) is 14.8 Å². The average molecular weight is 444 g/mol. The summed E-state index contributed by atoms with van der Waals surface area (Å²) in [5.74, 6) is -0.268. The van der Waals surface area contributed by atoms with Crippen LogP contribution in [0.2, 0.25) is 0 Å². The van der Waals surface area contributed by atoms with Crippen LogP contribution in [0.25, 0.3) is 11.1 Å². The van der Waals surface area contributed by atoms with E-state index in [2.05, 4.69) is 23.7 Å². The number of esters is 1. The number of benzene rings is 2. The number of pyridine rings is 1. The molecule has 6 nitrogen and oxygen atoms in total. The van der Waals surface area contributed by atoms with Gasteiger partial charge in [-0.15, -0.1) is 0 Å². The Morgan fingerprint density at radius 1 is 0.909 bits per heavy atom. The summed E-state index contributed by atoms with van der Waals surface area (Å²) in [6.45, 7) is 6.42. The van der Waals surface area contributed by atoms with Crippen LogP contribution in [0, 0.1) is 0 Å². The van der Waals surface area contributed by atoms with Crippen LogP contribution < -0.4 is 0 Å². The Labute approximate surface area is 194 Å². The molecule has 6 heteroatoms. The van der Waals surface area contributed by atoms with Gasteiger partial charge in [0.1, 0.15) is 0 Å². The topological polar surface area (TPSA) is 62.7 Å². The van der Waals surface area contributed by atoms with Gasteiger partial charge < -0.3 is 9.64 Å². The summed E-state index contributed by atoms with van der Waals surface area (Å²) >= 11 is 0. The second-order valence-electron chi connectivity index (χ2n) is 8.59. The Morgan fingerprint density at radius 2 is 1.58 bits per heavy atom. The molecule has 4 rings (SSSR count). The van der Waals surface area contributed by atoms with Crippen molar-refractivity contribution in [3.05, 3.63) is 89.7 Å². The Morgan fingerprint density at radius 3 is 2.21 bits per heavy atom. The van der Waals surface area contributed by atoms with Crippen LogP contribution in [0.4, 0.5) is 0 Å². The lowest BCUT2D eigenvalue weighted by atomic mass is 10.0. The molecule has 1 aliphatic rings. The molecule has 0 radical (unpaired) electrons. The zero-order valence-electron chi connectivity index (χ0n) is 19.3. The molecule has 0 unspecified atom stereocenters. The molecule has 33 heavy (non-hydrogen) atoms. The van der Waals surface area contributed by atoms with Gasteiger partial charge in [-0.1, -0.05) is 24.3 Å². The van der Waals surface area contributed by atoms with Crippen LogP contribution in [0.15, 0.2) is 73.1 Å². The van der Waals surface area contributed by atoms with Crippen LogP contribution in [0.5, 0.6) is 0 Å². The van der Waals surface area contributed by atoms with E-state index in [9.17, 15) is 9.59 Å². The molecule has 3 aromatic rings. The quantitative estimate of drug-likeness (QED) is 0.551. The lowest BCUT2D eigenvalue weighted by Gasteiger charge is -2.44. The van der Waals surface area contributed by atoms with E-state index in [4.69, 9.17) is 4.74 Å². The minimum absolute atomic E-state index is 0.0617. The van der Waals surface area contributed by atoms with Crippen molar-refractivity contribution in [2.45, 2.75) is 32.5 Å². The van der Waals surface area contributed by atoms with Gasteiger partial charge in [-0.3, -0.25) is 14.7 Å². The van der Waals surface area contributed by atoms with Crippen LogP contribution in [0.3, 0.4) is 0 Å². The molecule has 170 valence electrons. The van der Waals surface area contributed by atoms with Crippen LogP contribution >= 0.6 is 0 Å². The molecule has 2 atom stereocenters. The molecule has 2 heterocycles. The van der Waals surface area contributed by atoms with Gasteiger partial charge in [0, 0.05) is 49.7 Å². The number of carbonyl (C=O) groups is 2. The second-order valence-corrected chi connectivity index (χ2v) is 8.59. The monoisotopic (exact) mass is 443 g/mol. The van der Waals surface area contributed by atoms with E-state index < -0.39 is 0 Å². The molecule has 1 fully saturated rings. The van der Waals surface area contributed by atoms with Crippen LogP contribution in [0.1, 0.15) is 40.1 Å². The fourth-order valence-electron chi connectivity index (χ4n) is 4.47. The van der Waals surface area contributed by atoms with Crippen molar-refractivity contribution >= 4 is 11.9 Å². The molecule has 1 aliphatic heterocycles. The number of hydrogen-bond donors (Lipinski definition) is 0. The highest BCUT2D eigenvalue weighted by Gasteiger charge is 2.32. The van der Waals surface area contributed by atoms with Crippen LogP contribution in [-0.2, 0) is 11.3 Å². The first-order valence-corrected chi connectivity index (χ1v) is 11.2. The first-order chi connectivity index (χ1) is 16.0. The second kappa shape index (κ2) is 9.96. The highest BCUT2D eigenvalue weighted by molar-refractivity contribution is 5.95. The van der Waals surface area contributed by atoms with E-state index in [1.165, 1.54) is 7.11 Å². The van der Waals surface area contributed by atoms with E-state index in [1.54, 1.807) is 24.5 Å². The third-order valence-electron chi connectivity index (χ3n) is 6.25. The third-order valence-corrected chi connectivity index (χ3v) is 6.25. The van der Waals surface area contributed by atoms with Gasteiger partial charge in [0.05, 0.1) is 12.7 Å². The number of amides is 1. The Hall–Kier alpha value is -3.51. The Balaban J connectivity index is 1.43. The minimum atomic E-state index is -0.330. The lowest BCUT2D eigenvalue weighted by molar-refractivity contribution is 0.0270. The summed E-state index contributed by atoms with van der Waals surface area (Å²) in [5.41, 5.74) is 4.44. The maximum Gasteiger partial charge on any atom is 0.337 e. The normalized spacial score (nSPS) is 18.7. The van der Waals surface area contributed by atoms with Gasteiger partial charge in [-0.2, -0.15) is 0 Å². The van der Waals surface area contributed by atoms with Gasteiger partial charge >= 0.3 is 5.97 Å². The molecule has 1 aromatic heterocycles. The number of nitrogens with zero attached hydrogens (tertiary/aromatic N) is 3. The van der Waals surface area contributed by atoms with E-state index in [-0.39, 0.29) is 24.0 Å². The lowest BCUT2D eigenvalue weighted by Crippen LogP contribution is -2.57. The van der Waals surface area contributed by atoms with Gasteiger partial charge in [0.25, 0.3) is 5.91 Å². The molecule has 1 amide bonds. The highest BCUT2D eigenvalue weighted by atomic mass is 16.5. The van der Waals surface area contributed by atoms with Gasteiger partial charge in [0.2, 0.25) is 0 Å². The number of methoxy groups -OCH3 is 1. The molecular weight excluding hydrogens is 414 g/mol. The maximum absolute atomic E-state index is 13.3.